The van der Waals surface area contributed by atoms with Crippen molar-refractivity contribution < 1.29 is 14.3 Å². The summed E-state index contributed by atoms with van der Waals surface area (Å²) in [5.74, 6) is 1.04. The maximum Gasteiger partial charge on any atom is 0.186 e. The summed E-state index contributed by atoms with van der Waals surface area (Å²) in [5, 5.41) is 9.16. The van der Waals surface area contributed by atoms with Crippen LogP contribution < -0.4 is 9.47 Å². The maximum absolute atomic E-state index is 12.5. The van der Waals surface area contributed by atoms with E-state index in [2.05, 4.69) is 6.07 Å². The molecule has 0 aliphatic heterocycles. The molecular weight excluding hydrogens is 242 g/mol. The molecule has 1 aliphatic rings. The Hall–Kier alpha value is -2.02. The van der Waals surface area contributed by atoms with Gasteiger partial charge in [0.2, 0.25) is 0 Å². The average molecular weight is 259 g/mol. The first-order valence-corrected chi connectivity index (χ1v) is 6.19. The largest absolute Gasteiger partial charge is 0.496 e. The summed E-state index contributed by atoms with van der Waals surface area (Å²) in [6.07, 6.45) is 1.25. The van der Waals surface area contributed by atoms with Crippen molar-refractivity contribution in [3.8, 4) is 17.6 Å². The molecule has 1 saturated carbocycles. The molecule has 0 amide bonds. The number of nitrogens with zero attached hydrogens (tertiary/aromatic N) is 1. The first kappa shape index (κ1) is 13.4. The van der Waals surface area contributed by atoms with Crippen LogP contribution in [0.3, 0.4) is 0 Å². The molecule has 19 heavy (non-hydrogen) atoms. The average Bonchev–Trinajstić information content (AvgIpc) is 3.21. The summed E-state index contributed by atoms with van der Waals surface area (Å²) in [6, 6.07) is 3.81. The van der Waals surface area contributed by atoms with Gasteiger partial charge in [-0.15, -0.1) is 0 Å². The highest BCUT2D eigenvalue weighted by atomic mass is 16.5. The van der Waals surface area contributed by atoms with Crippen LogP contribution in [0.1, 0.15) is 34.3 Å². The third-order valence-electron chi connectivity index (χ3n) is 3.86. The van der Waals surface area contributed by atoms with Crippen molar-refractivity contribution in [3.63, 3.8) is 0 Å². The zero-order chi connectivity index (χ0) is 14.2. The van der Waals surface area contributed by atoms with E-state index in [1.165, 1.54) is 7.11 Å². The molecule has 0 atom stereocenters. The van der Waals surface area contributed by atoms with Crippen molar-refractivity contribution in [1.29, 1.82) is 5.26 Å². The molecule has 2 rings (SSSR count). The van der Waals surface area contributed by atoms with Crippen LogP contribution in [0.5, 0.6) is 11.5 Å². The highest BCUT2D eigenvalue weighted by Crippen LogP contribution is 2.49. The third kappa shape index (κ3) is 1.95. The zero-order valence-corrected chi connectivity index (χ0v) is 11.7. The van der Waals surface area contributed by atoms with E-state index in [4.69, 9.17) is 14.7 Å². The second-order valence-electron chi connectivity index (χ2n) is 4.93. The first-order chi connectivity index (χ1) is 9.00. The van der Waals surface area contributed by atoms with Gasteiger partial charge in [-0.05, 0) is 43.9 Å². The van der Waals surface area contributed by atoms with Crippen molar-refractivity contribution in [2.24, 2.45) is 5.41 Å². The van der Waals surface area contributed by atoms with Gasteiger partial charge < -0.3 is 9.47 Å². The van der Waals surface area contributed by atoms with Gasteiger partial charge in [-0.2, -0.15) is 5.26 Å². The molecule has 1 aliphatic carbocycles. The summed E-state index contributed by atoms with van der Waals surface area (Å²) in [6.45, 7) is 3.81. The van der Waals surface area contributed by atoms with Crippen LogP contribution in [0.4, 0.5) is 0 Å². The smallest absolute Gasteiger partial charge is 0.186 e. The van der Waals surface area contributed by atoms with Gasteiger partial charge in [0.05, 0.1) is 25.9 Å². The number of benzene rings is 1. The molecule has 0 N–H and O–H groups in total. The standard InChI is InChI=1S/C15H17NO3/c1-9-10(2)13(19-4)11(7-12(9)18-3)14(17)15(8-16)5-6-15/h7H,5-6H2,1-4H3. The molecule has 1 aromatic rings. The fourth-order valence-electron chi connectivity index (χ4n) is 2.28. The van der Waals surface area contributed by atoms with Gasteiger partial charge in [-0.1, -0.05) is 0 Å². The van der Waals surface area contributed by atoms with Crippen LogP contribution in [0.25, 0.3) is 0 Å². The summed E-state index contributed by atoms with van der Waals surface area (Å²) in [7, 11) is 3.11. The molecule has 1 fully saturated rings. The van der Waals surface area contributed by atoms with Gasteiger partial charge in [-0.3, -0.25) is 4.79 Å². The number of Topliss-reactive ketones (excluding diaryl/α,β-unsaturated/α-hetero) is 1. The van der Waals surface area contributed by atoms with E-state index >= 15 is 0 Å². The maximum atomic E-state index is 12.5. The lowest BCUT2D eigenvalue weighted by molar-refractivity contribution is 0.0931. The lowest BCUT2D eigenvalue weighted by Gasteiger charge is -2.17. The van der Waals surface area contributed by atoms with Gasteiger partial charge in [0.25, 0.3) is 0 Å². The van der Waals surface area contributed by atoms with Crippen LogP contribution in [0.15, 0.2) is 6.07 Å². The molecule has 100 valence electrons. The predicted molar refractivity (Wildman–Crippen MR) is 70.6 cm³/mol. The Kier molecular flexibility index (Phi) is 3.23. The number of hydrogen-bond acceptors (Lipinski definition) is 4. The monoisotopic (exact) mass is 259 g/mol. The van der Waals surface area contributed by atoms with Crippen molar-refractivity contribution >= 4 is 5.78 Å². The summed E-state index contributed by atoms with van der Waals surface area (Å²) in [5.41, 5.74) is 1.41. The normalized spacial score (nSPS) is 15.5. The number of ketones is 1. The second kappa shape index (κ2) is 4.58. The van der Waals surface area contributed by atoms with Crippen LogP contribution in [0, 0.1) is 30.6 Å². The van der Waals surface area contributed by atoms with Crippen LogP contribution in [0.2, 0.25) is 0 Å². The molecule has 1 aromatic carbocycles. The number of rotatable bonds is 4. The topological polar surface area (TPSA) is 59.3 Å². The van der Waals surface area contributed by atoms with Crippen LogP contribution in [-0.4, -0.2) is 20.0 Å². The predicted octanol–water partition coefficient (Wildman–Crippen LogP) is 2.81. The molecule has 0 heterocycles. The van der Waals surface area contributed by atoms with Crippen molar-refractivity contribution in [2.75, 3.05) is 14.2 Å². The van der Waals surface area contributed by atoms with Crippen LogP contribution >= 0.6 is 0 Å². The summed E-state index contributed by atoms with van der Waals surface area (Å²) in [4.78, 5) is 12.5. The first-order valence-electron chi connectivity index (χ1n) is 6.19. The van der Waals surface area contributed by atoms with E-state index in [-0.39, 0.29) is 5.78 Å². The van der Waals surface area contributed by atoms with Crippen molar-refractivity contribution in [1.82, 2.24) is 0 Å². The minimum Gasteiger partial charge on any atom is -0.496 e. The van der Waals surface area contributed by atoms with Crippen LogP contribution in [-0.2, 0) is 0 Å². The van der Waals surface area contributed by atoms with E-state index in [1.807, 2.05) is 13.8 Å². The number of hydrogen-bond donors (Lipinski definition) is 0. The molecule has 0 unspecified atom stereocenters. The molecule has 4 nitrogen and oxygen atoms in total. The number of carbonyl (C=O) groups excluding carboxylic acids is 1. The Morgan fingerprint density at radius 1 is 1.26 bits per heavy atom. The van der Waals surface area contributed by atoms with Gasteiger partial charge >= 0.3 is 0 Å². The highest BCUT2D eigenvalue weighted by Gasteiger charge is 2.51. The van der Waals surface area contributed by atoms with Gasteiger partial charge in [0.1, 0.15) is 16.9 Å². The molecule has 0 bridgehead atoms. The van der Waals surface area contributed by atoms with Gasteiger partial charge in [0, 0.05) is 0 Å². The number of methoxy groups -OCH3 is 2. The Morgan fingerprint density at radius 2 is 1.89 bits per heavy atom. The van der Waals surface area contributed by atoms with Gasteiger partial charge in [0.15, 0.2) is 5.78 Å². The number of ether oxygens (including phenoxy) is 2. The minimum absolute atomic E-state index is 0.159. The van der Waals surface area contributed by atoms with E-state index < -0.39 is 5.41 Å². The number of nitriles is 1. The SMILES string of the molecule is COc1cc(C(=O)C2(C#N)CC2)c(OC)c(C)c1C. The fourth-order valence-corrected chi connectivity index (χ4v) is 2.28. The lowest BCUT2D eigenvalue weighted by atomic mass is 9.92. The van der Waals surface area contributed by atoms with E-state index in [0.29, 0.717) is 29.9 Å². The molecule has 0 radical (unpaired) electrons. The zero-order valence-electron chi connectivity index (χ0n) is 11.7. The Bertz CT molecular complexity index is 580. The second-order valence-corrected chi connectivity index (χ2v) is 4.93. The summed E-state index contributed by atoms with van der Waals surface area (Å²) >= 11 is 0. The van der Waals surface area contributed by atoms with Gasteiger partial charge in [-0.25, -0.2) is 0 Å². The molecular formula is C15H17NO3. The lowest BCUT2D eigenvalue weighted by Crippen LogP contribution is -2.16. The molecule has 0 saturated heterocycles. The fraction of sp³-hybridized carbons (Fsp3) is 0.467. The molecule has 4 heteroatoms. The molecule has 0 aromatic heterocycles. The Labute approximate surface area is 112 Å². The summed E-state index contributed by atoms with van der Waals surface area (Å²) < 4.78 is 10.7. The Morgan fingerprint density at radius 3 is 2.32 bits per heavy atom. The highest BCUT2D eigenvalue weighted by molar-refractivity contribution is 6.06. The minimum atomic E-state index is -0.847. The van der Waals surface area contributed by atoms with E-state index in [1.54, 1.807) is 13.2 Å². The molecule has 0 spiro atoms. The van der Waals surface area contributed by atoms with E-state index in [0.717, 1.165) is 11.1 Å². The number of carbonyl (C=O) groups is 1. The van der Waals surface area contributed by atoms with Crippen molar-refractivity contribution in [2.45, 2.75) is 26.7 Å². The quantitative estimate of drug-likeness (QED) is 0.780. The Balaban J connectivity index is 2.60. The van der Waals surface area contributed by atoms with Crippen molar-refractivity contribution in [3.05, 3.63) is 22.8 Å². The third-order valence-corrected chi connectivity index (χ3v) is 3.86. The van der Waals surface area contributed by atoms with E-state index in [9.17, 15) is 4.79 Å².